The van der Waals surface area contributed by atoms with E-state index in [2.05, 4.69) is 0 Å². The second-order valence-corrected chi connectivity index (χ2v) is 4.92. The summed E-state index contributed by atoms with van der Waals surface area (Å²) < 4.78 is 5.03. The number of benzene rings is 2. The van der Waals surface area contributed by atoms with E-state index < -0.39 is 5.97 Å². The molecule has 0 saturated heterocycles. The first-order valence-corrected chi connectivity index (χ1v) is 6.74. The van der Waals surface area contributed by atoms with Gasteiger partial charge in [-0.05, 0) is 54.8 Å². The second kappa shape index (κ2) is 5.97. The van der Waals surface area contributed by atoms with Gasteiger partial charge in [0.1, 0.15) is 0 Å². The van der Waals surface area contributed by atoms with Crippen LogP contribution in [0.15, 0.2) is 36.4 Å². The van der Waals surface area contributed by atoms with Crippen molar-refractivity contribution in [3.05, 3.63) is 52.5 Å². The van der Waals surface area contributed by atoms with Gasteiger partial charge in [0, 0.05) is 10.7 Å². The van der Waals surface area contributed by atoms with Gasteiger partial charge in [0.15, 0.2) is 0 Å². The Kier molecular flexibility index (Phi) is 4.30. The first-order chi connectivity index (χ1) is 9.52. The summed E-state index contributed by atoms with van der Waals surface area (Å²) in [4.78, 5) is 11.9. The molecule has 0 saturated carbocycles. The molecule has 0 amide bonds. The Hall–Kier alpha value is -2.00. The highest BCUT2D eigenvalue weighted by Crippen LogP contribution is 2.29. The van der Waals surface area contributed by atoms with Gasteiger partial charge in [-0.1, -0.05) is 23.7 Å². The second-order valence-electron chi connectivity index (χ2n) is 4.49. The maximum absolute atomic E-state index is 11.9. The van der Waals surface area contributed by atoms with Gasteiger partial charge < -0.3 is 10.5 Å². The number of anilines is 1. The first kappa shape index (κ1) is 14.4. The molecule has 4 heteroatoms. The van der Waals surface area contributed by atoms with Crippen LogP contribution in [0.3, 0.4) is 0 Å². The molecular formula is C16H16ClNO2. The third-order valence-corrected chi connectivity index (χ3v) is 3.28. The van der Waals surface area contributed by atoms with Crippen molar-refractivity contribution in [3.63, 3.8) is 0 Å². The lowest BCUT2D eigenvalue weighted by atomic mass is 9.98. The molecule has 20 heavy (non-hydrogen) atoms. The van der Waals surface area contributed by atoms with Crippen molar-refractivity contribution >= 4 is 23.3 Å². The number of carbonyl (C=O) groups excluding carboxylic acids is 1. The van der Waals surface area contributed by atoms with Gasteiger partial charge in [-0.2, -0.15) is 0 Å². The van der Waals surface area contributed by atoms with Crippen molar-refractivity contribution in [1.29, 1.82) is 0 Å². The van der Waals surface area contributed by atoms with E-state index in [1.807, 2.05) is 37.3 Å². The van der Waals surface area contributed by atoms with Crippen molar-refractivity contribution < 1.29 is 9.53 Å². The maximum Gasteiger partial charge on any atom is 0.340 e. The van der Waals surface area contributed by atoms with Crippen LogP contribution >= 0.6 is 11.6 Å². The predicted octanol–water partition coefficient (Wildman–Crippen LogP) is 4.07. The third-order valence-electron chi connectivity index (χ3n) is 3.04. The van der Waals surface area contributed by atoms with Crippen LogP contribution in [0.2, 0.25) is 5.02 Å². The summed E-state index contributed by atoms with van der Waals surface area (Å²) in [5.41, 5.74) is 9.47. The van der Waals surface area contributed by atoms with Gasteiger partial charge in [-0.25, -0.2) is 4.79 Å². The van der Waals surface area contributed by atoms with Gasteiger partial charge in [-0.3, -0.25) is 0 Å². The van der Waals surface area contributed by atoms with E-state index in [-0.39, 0.29) is 0 Å². The molecule has 0 atom stereocenters. The molecule has 0 heterocycles. The monoisotopic (exact) mass is 289 g/mol. The van der Waals surface area contributed by atoms with Crippen molar-refractivity contribution in [1.82, 2.24) is 0 Å². The average Bonchev–Trinajstić information content (AvgIpc) is 2.42. The van der Waals surface area contributed by atoms with Crippen LogP contribution in [0, 0.1) is 6.92 Å². The van der Waals surface area contributed by atoms with E-state index in [4.69, 9.17) is 22.1 Å². The van der Waals surface area contributed by atoms with Crippen LogP contribution in [0.25, 0.3) is 11.1 Å². The predicted molar refractivity (Wildman–Crippen MR) is 82.0 cm³/mol. The van der Waals surface area contributed by atoms with Gasteiger partial charge in [0.25, 0.3) is 0 Å². The lowest BCUT2D eigenvalue weighted by Crippen LogP contribution is -2.09. The normalized spacial score (nSPS) is 10.3. The Morgan fingerprint density at radius 1 is 1.25 bits per heavy atom. The Morgan fingerprint density at radius 3 is 2.65 bits per heavy atom. The molecule has 0 unspecified atom stereocenters. The van der Waals surface area contributed by atoms with Crippen molar-refractivity contribution in [2.24, 2.45) is 0 Å². The molecule has 0 aliphatic heterocycles. The highest BCUT2D eigenvalue weighted by Gasteiger charge is 2.14. The van der Waals surface area contributed by atoms with Gasteiger partial charge >= 0.3 is 5.97 Å². The fourth-order valence-electron chi connectivity index (χ4n) is 2.01. The molecule has 0 bridgehead atoms. The van der Waals surface area contributed by atoms with Gasteiger partial charge in [0.2, 0.25) is 0 Å². The van der Waals surface area contributed by atoms with E-state index in [9.17, 15) is 4.79 Å². The molecule has 104 valence electrons. The van der Waals surface area contributed by atoms with E-state index >= 15 is 0 Å². The Labute approximate surface area is 123 Å². The zero-order valence-electron chi connectivity index (χ0n) is 11.4. The molecule has 2 aromatic rings. The first-order valence-electron chi connectivity index (χ1n) is 6.36. The number of hydrogen-bond acceptors (Lipinski definition) is 3. The summed E-state index contributed by atoms with van der Waals surface area (Å²) in [5, 5.41) is 0.648. The van der Waals surface area contributed by atoms with E-state index in [1.165, 1.54) is 0 Å². The van der Waals surface area contributed by atoms with Crippen LogP contribution in [-0.4, -0.2) is 12.6 Å². The molecule has 0 fully saturated rings. The van der Waals surface area contributed by atoms with E-state index in [0.717, 1.165) is 16.7 Å². The summed E-state index contributed by atoms with van der Waals surface area (Å²) in [6.45, 7) is 3.95. The number of rotatable bonds is 3. The summed E-state index contributed by atoms with van der Waals surface area (Å²) >= 11 is 6.00. The number of ether oxygens (including phenoxy) is 1. The minimum Gasteiger partial charge on any atom is -0.462 e. The van der Waals surface area contributed by atoms with E-state index in [0.29, 0.717) is 22.9 Å². The van der Waals surface area contributed by atoms with Crippen LogP contribution < -0.4 is 5.73 Å². The smallest absolute Gasteiger partial charge is 0.340 e. The van der Waals surface area contributed by atoms with Crippen LogP contribution in [0.5, 0.6) is 0 Å². The molecule has 0 aliphatic rings. The Bertz CT molecular complexity index is 653. The number of carbonyl (C=O) groups is 1. The summed E-state index contributed by atoms with van der Waals surface area (Å²) in [6, 6.07) is 11.1. The number of nitrogen functional groups attached to an aromatic ring is 1. The Balaban J connectivity index is 2.53. The fraction of sp³-hybridized carbons (Fsp3) is 0.188. The molecule has 0 spiro atoms. The number of aryl methyl sites for hydroxylation is 1. The lowest BCUT2D eigenvalue weighted by molar-refractivity contribution is 0.0527. The average molecular weight is 290 g/mol. The number of hydrogen-bond donors (Lipinski definition) is 1. The van der Waals surface area contributed by atoms with Crippen LogP contribution in [-0.2, 0) is 4.74 Å². The fourth-order valence-corrected chi connectivity index (χ4v) is 2.20. The molecule has 0 aromatic heterocycles. The lowest BCUT2D eigenvalue weighted by Gasteiger charge is -2.11. The topological polar surface area (TPSA) is 52.3 Å². The minimum absolute atomic E-state index is 0.318. The zero-order chi connectivity index (χ0) is 14.7. The Morgan fingerprint density at radius 2 is 2.00 bits per heavy atom. The zero-order valence-corrected chi connectivity index (χ0v) is 12.2. The molecule has 0 radical (unpaired) electrons. The third kappa shape index (κ3) is 2.94. The number of nitrogens with two attached hydrogens (primary N) is 1. The summed E-state index contributed by atoms with van der Waals surface area (Å²) in [7, 11) is 0. The highest BCUT2D eigenvalue weighted by atomic mass is 35.5. The van der Waals surface area contributed by atoms with Crippen LogP contribution in [0.4, 0.5) is 5.69 Å². The van der Waals surface area contributed by atoms with Gasteiger partial charge in [-0.15, -0.1) is 0 Å². The minimum atomic E-state index is -0.406. The van der Waals surface area contributed by atoms with Crippen molar-refractivity contribution in [2.75, 3.05) is 12.3 Å². The largest absolute Gasteiger partial charge is 0.462 e. The molecule has 2 N–H and O–H groups in total. The molecule has 2 rings (SSSR count). The van der Waals surface area contributed by atoms with Crippen LogP contribution in [0.1, 0.15) is 22.8 Å². The number of halogens is 1. The molecular weight excluding hydrogens is 274 g/mol. The molecule has 3 nitrogen and oxygen atoms in total. The summed E-state index contributed by atoms with van der Waals surface area (Å²) in [6.07, 6.45) is 0. The molecule has 2 aromatic carbocycles. The van der Waals surface area contributed by atoms with Gasteiger partial charge in [0.05, 0.1) is 12.2 Å². The SMILES string of the molecule is CCOC(=O)c1cc(-c2cccc(Cl)c2)cc(C)c1N. The molecule has 0 aliphatic carbocycles. The van der Waals surface area contributed by atoms with E-state index in [1.54, 1.807) is 13.0 Å². The standard InChI is InChI=1S/C16H16ClNO2/c1-3-20-16(19)14-9-12(7-10(2)15(14)18)11-5-4-6-13(17)8-11/h4-9H,3,18H2,1-2H3. The highest BCUT2D eigenvalue weighted by molar-refractivity contribution is 6.30. The van der Waals surface area contributed by atoms with Crippen molar-refractivity contribution in [2.45, 2.75) is 13.8 Å². The quantitative estimate of drug-likeness (QED) is 0.684. The summed E-state index contributed by atoms with van der Waals surface area (Å²) in [5.74, 6) is -0.406. The maximum atomic E-state index is 11.9. The number of esters is 1. The van der Waals surface area contributed by atoms with Crippen molar-refractivity contribution in [3.8, 4) is 11.1 Å².